The number of hydrogen-bond acceptors (Lipinski definition) is 2. The highest BCUT2D eigenvalue weighted by Gasteiger charge is 2.16. The smallest absolute Gasteiger partial charge is 0.130 e. The Morgan fingerprint density at radius 2 is 1.88 bits per heavy atom. The van der Waals surface area contributed by atoms with Crippen LogP contribution in [0, 0.1) is 5.82 Å². The first-order chi connectivity index (χ1) is 7.51. The molecule has 3 heteroatoms. The van der Waals surface area contributed by atoms with Gasteiger partial charge in [-0.2, -0.15) is 0 Å². The third-order valence-corrected chi connectivity index (χ3v) is 2.86. The van der Waals surface area contributed by atoms with Gasteiger partial charge in [-0.15, -0.1) is 0 Å². The van der Waals surface area contributed by atoms with Gasteiger partial charge in [-0.25, -0.2) is 4.39 Å². The van der Waals surface area contributed by atoms with Crippen molar-refractivity contribution >= 4 is 0 Å². The molecule has 1 aromatic carbocycles. The van der Waals surface area contributed by atoms with Crippen LogP contribution in [0.25, 0.3) is 0 Å². The van der Waals surface area contributed by atoms with Crippen molar-refractivity contribution in [1.29, 1.82) is 0 Å². The van der Waals surface area contributed by atoms with Gasteiger partial charge in [-0.1, -0.05) is 20.8 Å². The lowest BCUT2D eigenvalue weighted by molar-refractivity contribution is 0.402. The second-order valence-corrected chi connectivity index (χ2v) is 4.41. The molecule has 1 rings (SSSR count). The first kappa shape index (κ1) is 13.0. The summed E-state index contributed by atoms with van der Waals surface area (Å²) in [6.07, 6.45) is 0. The SMILES string of the molecule is COc1cc(F)c(C(C)C)cc1C(C)CN. The van der Waals surface area contributed by atoms with Crippen LogP contribution >= 0.6 is 0 Å². The number of rotatable bonds is 4. The van der Waals surface area contributed by atoms with Crippen LogP contribution in [-0.4, -0.2) is 13.7 Å². The van der Waals surface area contributed by atoms with Gasteiger partial charge in [0.25, 0.3) is 0 Å². The summed E-state index contributed by atoms with van der Waals surface area (Å²) < 4.78 is 18.9. The van der Waals surface area contributed by atoms with Gasteiger partial charge in [0, 0.05) is 6.07 Å². The minimum absolute atomic E-state index is 0.162. The quantitative estimate of drug-likeness (QED) is 0.854. The summed E-state index contributed by atoms with van der Waals surface area (Å²) in [4.78, 5) is 0. The minimum Gasteiger partial charge on any atom is -0.496 e. The number of methoxy groups -OCH3 is 1. The molecule has 0 aliphatic rings. The first-order valence-corrected chi connectivity index (χ1v) is 5.58. The van der Waals surface area contributed by atoms with Gasteiger partial charge in [0.1, 0.15) is 11.6 Å². The lowest BCUT2D eigenvalue weighted by atomic mass is 9.93. The Labute approximate surface area is 96.6 Å². The number of ether oxygens (including phenoxy) is 1. The summed E-state index contributed by atoms with van der Waals surface area (Å²) in [5, 5.41) is 0. The Bertz CT molecular complexity index is 363. The second-order valence-electron chi connectivity index (χ2n) is 4.41. The van der Waals surface area contributed by atoms with Crippen molar-refractivity contribution in [3.8, 4) is 5.75 Å². The van der Waals surface area contributed by atoms with Gasteiger partial charge in [0.05, 0.1) is 7.11 Å². The maximum Gasteiger partial charge on any atom is 0.130 e. The first-order valence-electron chi connectivity index (χ1n) is 5.58. The van der Waals surface area contributed by atoms with Crippen LogP contribution in [0.2, 0.25) is 0 Å². The van der Waals surface area contributed by atoms with Crippen molar-refractivity contribution in [1.82, 2.24) is 0 Å². The maximum absolute atomic E-state index is 13.7. The van der Waals surface area contributed by atoms with E-state index in [0.717, 1.165) is 11.1 Å². The monoisotopic (exact) mass is 225 g/mol. The molecule has 1 unspecified atom stereocenters. The highest BCUT2D eigenvalue weighted by molar-refractivity contribution is 5.41. The fourth-order valence-corrected chi connectivity index (χ4v) is 1.72. The molecule has 2 nitrogen and oxygen atoms in total. The van der Waals surface area contributed by atoms with E-state index in [9.17, 15) is 4.39 Å². The van der Waals surface area contributed by atoms with Crippen LogP contribution in [0.5, 0.6) is 5.75 Å². The van der Waals surface area contributed by atoms with E-state index >= 15 is 0 Å². The zero-order valence-corrected chi connectivity index (χ0v) is 10.4. The molecule has 0 amide bonds. The van der Waals surface area contributed by atoms with Crippen LogP contribution in [0.1, 0.15) is 43.7 Å². The van der Waals surface area contributed by atoms with Crippen molar-refractivity contribution in [3.63, 3.8) is 0 Å². The zero-order chi connectivity index (χ0) is 12.3. The molecule has 0 fully saturated rings. The van der Waals surface area contributed by atoms with Gasteiger partial charge >= 0.3 is 0 Å². The molecule has 90 valence electrons. The van der Waals surface area contributed by atoms with Gasteiger partial charge in [0.2, 0.25) is 0 Å². The van der Waals surface area contributed by atoms with E-state index < -0.39 is 0 Å². The molecular weight excluding hydrogens is 205 g/mol. The second kappa shape index (κ2) is 5.30. The summed E-state index contributed by atoms with van der Waals surface area (Å²) >= 11 is 0. The summed E-state index contributed by atoms with van der Waals surface area (Å²) in [5.41, 5.74) is 7.34. The van der Waals surface area contributed by atoms with Gasteiger partial charge in [0.15, 0.2) is 0 Å². The van der Waals surface area contributed by atoms with Crippen LogP contribution in [0.4, 0.5) is 4.39 Å². The topological polar surface area (TPSA) is 35.2 Å². The molecular formula is C13H20FNO. The van der Waals surface area contributed by atoms with Crippen molar-refractivity contribution in [3.05, 3.63) is 29.1 Å². The average molecular weight is 225 g/mol. The predicted octanol–water partition coefficient (Wildman–Crippen LogP) is 3.02. The van der Waals surface area contributed by atoms with E-state index in [4.69, 9.17) is 10.5 Å². The molecule has 1 aromatic rings. The maximum atomic E-state index is 13.7. The molecule has 0 bridgehead atoms. The number of benzene rings is 1. The highest BCUT2D eigenvalue weighted by atomic mass is 19.1. The average Bonchev–Trinajstić information content (AvgIpc) is 2.27. The van der Waals surface area contributed by atoms with Crippen molar-refractivity contribution < 1.29 is 9.13 Å². The number of hydrogen-bond donors (Lipinski definition) is 1. The fourth-order valence-electron chi connectivity index (χ4n) is 1.72. The van der Waals surface area contributed by atoms with E-state index in [1.54, 1.807) is 7.11 Å². The number of halogens is 1. The van der Waals surface area contributed by atoms with Crippen LogP contribution in [-0.2, 0) is 0 Å². The van der Waals surface area contributed by atoms with Crippen LogP contribution in [0.3, 0.4) is 0 Å². The molecule has 0 saturated heterocycles. The molecule has 0 spiro atoms. The molecule has 0 saturated carbocycles. The normalized spacial score (nSPS) is 12.9. The zero-order valence-electron chi connectivity index (χ0n) is 10.4. The number of nitrogens with two attached hydrogens (primary N) is 1. The van der Waals surface area contributed by atoms with Crippen molar-refractivity contribution in [2.24, 2.45) is 5.73 Å². The van der Waals surface area contributed by atoms with Gasteiger partial charge < -0.3 is 10.5 Å². The van der Waals surface area contributed by atoms with Crippen molar-refractivity contribution in [2.75, 3.05) is 13.7 Å². The highest BCUT2D eigenvalue weighted by Crippen LogP contribution is 2.31. The lowest BCUT2D eigenvalue weighted by Gasteiger charge is -2.17. The Kier molecular flexibility index (Phi) is 4.30. The molecule has 0 aliphatic carbocycles. The molecule has 1 atom stereocenters. The minimum atomic E-state index is -0.208. The molecule has 0 aliphatic heterocycles. The third kappa shape index (κ3) is 2.53. The van der Waals surface area contributed by atoms with Crippen LogP contribution < -0.4 is 10.5 Å². The van der Waals surface area contributed by atoms with E-state index in [1.165, 1.54) is 6.07 Å². The lowest BCUT2D eigenvalue weighted by Crippen LogP contribution is -2.11. The molecule has 0 radical (unpaired) electrons. The fraction of sp³-hybridized carbons (Fsp3) is 0.538. The third-order valence-electron chi connectivity index (χ3n) is 2.86. The Morgan fingerprint density at radius 3 is 2.31 bits per heavy atom. The standard InChI is InChI=1S/C13H20FNO/c1-8(2)10-5-11(9(3)7-15)13(16-4)6-12(10)14/h5-6,8-9H,7,15H2,1-4H3. The molecule has 2 N–H and O–H groups in total. The van der Waals surface area contributed by atoms with Crippen molar-refractivity contribution in [2.45, 2.75) is 32.6 Å². The van der Waals surface area contributed by atoms with E-state index in [2.05, 4.69) is 0 Å². The molecule has 0 aromatic heterocycles. The van der Waals surface area contributed by atoms with Gasteiger partial charge in [-0.3, -0.25) is 0 Å². The largest absolute Gasteiger partial charge is 0.496 e. The Hall–Kier alpha value is -1.09. The van der Waals surface area contributed by atoms with E-state index in [0.29, 0.717) is 12.3 Å². The van der Waals surface area contributed by atoms with Gasteiger partial charge in [-0.05, 0) is 35.6 Å². The summed E-state index contributed by atoms with van der Waals surface area (Å²) in [7, 11) is 1.55. The molecule has 0 heterocycles. The predicted molar refractivity (Wildman–Crippen MR) is 64.5 cm³/mol. The summed E-state index contributed by atoms with van der Waals surface area (Å²) in [5.74, 6) is 0.711. The summed E-state index contributed by atoms with van der Waals surface area (Å²) in [6.45, 7) is 6.49. The molecule has 16 heavy (non-hydrogen) atoms. The van der Waals surface area contributed by atoms with Crippen LogP contribution in [0.15, 0.2) is 12.1 Å². The van der Waals surface area contributed by atoms with E-state index in [1.807, 2.05) is 26.8 Å². The Morgan fingerprint density at radius 1 is 1.25 bits per heavy atom. The van der Waals surface area contributed by atoms with E-state index in [-0.39, 0.29) is 17.7 Å². The summed E-state index contributed by atoms with van der Waals surface area (Å²) in [6, 6.07) is 3.33. The Balaban J connectivity index is 3.28.